The van der Waals surface area contributed by atoms with Gasteiger partial charge in [0.05, 0.1) is 37.4 Å². The number of carbonyl (C=O) groups is 3. The van der Waals surface area contributed by atoms with Gasteiger partial charge in [-0.15, -0.1) is 0 Å². The highest BCUT2D eigenvalue weighted by Gasteiger charge is 2.45. The third-order valence-corrected chi connectivity index (χ3v) is 15.0. The highest BCUT2D eigenvalue weighted by Crippen LogP contribution is 2.60. The number of Topliss-reactive ketones (excluding diaryl/α,β-unsaturated/α-hetero) is 1. The SMILES string of the molecule is CCCCC[C@H](O)/C=C/[C@H]1C(=O)C[C@H](O)[C@@H]2CCCCCCC(=O)OC[C@@H](OC(=O)CCCCCCCCCCCC(C)C)COP(=O)(O)OP(=O)(O)OC[C@@H](O[C@H]2n2ccc(N)nc2=O)[C@@H](O)[C@H]1O. The van der Waals surface area contributed by atoms with Crippen molar-refractivity contribution in [3.8, 4) is 0 Å². The maximum absolute atomic E-state index is 14.0. The van der Waals surface area contributed by atoms with Gasteiger partial charge in [-0.1, -0.05) is 129 Å². The number of ketones is 1. The number of ether oxygens (including phenoxy) is 3. The molecule has 0 radical (unpaired) electrons. The molecule has 0 aliphatic carbocycles. The molecular weight excluding hydrogens is 956 g/mol. The Labute approximate surface area is 412 Å². The van der Waals surface area contributed by atoms with E-state index in [1.807, 2.05) is 6.92 Å². The van der Waals surface area contributed by atoms with Crippen molar-refractivity contribution >= 4 is 39.2 Å². The Morgan fingerprint density at radius 1 is 0.871 bits per heavy atom. The third kappa shape index (κ3) is 23.8. The van der Waals surface area contributed by atoms with Crippen molar-refractivity contribution in [2.24, 2.45) is 17.8 Å². The van der Waals surface area contributed by atoms with Crippen molar-refractivity contribution in [2.75, 3.05) is 25.6 Å². The van der Waals surface area contributed by atoms with E-state index in [4.69, 9.17) is 29.0 Å². The number of hydrogen-bond acceptors (Lipinski definition) is 18. The van der Waals surface area contributed by atoms with E-state index in [2.05, 4.69) is 23.1 Å². The molecule has 2 unspecified atom stereocenters. The zero-order valence-electron chi connectivity index (χ0n) is 41.2. The van der Waals surface area contributed by atoms with Crippen LogP contribution in [0.1, 0.15) is 168 Å². The van der Waals surface area contributed by atoms with Crippen molar-refractivity contribution in [1.82, 2.24) is 9.55 Å². The number of hydrogen-bond donors (Lipinski definition) is 7. The largest absolute Gasteiger partial charge is 0.481 e. The smallest absolute Gasteiger partial charge is 0.462 e. The molecule has 8 N–H and O–H groups in total. The molecule has 0 saturated carbocycles. The third-order valence-electron chi connectivity index (χ3n) is 12.4. The first-order valence-corrected chi connectivity index (χ1v) is 28.2. The fourth-order valence-electron chi connectivity index (χ4n) is 8.40. The van der Waals surface area contributed by atoms with Crippen LogP contribution in [0.4, 0.5) is 5.82 Å². The molecular formula is C47H81N3O18P2. The molecule has 11 atom stereocenters. The van der Waals surface area contributed by atoms with Gasteiger partial charge in [0, 0.05) is 31.4 Å². The molecule has 0 spiro atoms. The number of phosphoric ester groups is 2. The minimum Gasteiger partial charge on any atom is -0.462 e. The normalized spacial score (nSPS) is 30.1. The number of fused-ring (bicyclic) bond motifs is 3. The number of phosphoric acid groups is 2. The summed E-state index contributed by atoms with van der Waals surface area (Å²) in [7, 11) is -11.3. The molecule has 70 heavy (non-hydrogen) atoms. The van der Waals surface area contributed by atoms with E-state index in [1.165, 1.54) is 50.1 Å². The summed E-state index contributed by atoms with van der Waals surface area (Å²) < 4.78 is 59.0. The Morgan fingerprint density at radius 2 is 1.50 bits per heavy atom. The molecule has 402 valence electrons. The monoisotopic (exact) mass is 1040 g/mol. The number of rotatable bonds is 20. The summed E-state index contributed by atoms with van der Waals surface area (Å²) in [6, 6.07) is 1.24. The first-order valence-electron chi connectivity index (χ1n) is 25.2. The lowest BCUT2D eigenvalue weighted by Gasteiger charge is -2.39. The van der Waals surface area contributed by atoms with E-state index in [-0.39, 0.29) is 25.1 Å². The summed E-state index contributed by atoms with van der Waals surface area (Å²) in [4.78, 5) is 78.1. The minimum absolute atomic E-state index is 0.00478. The second-order valence-electron chi connectivity index (χ2n) is 18.9. The number of nitrogen functional groups attached to an aromatic ring is 1. The molecule has 2 saturated heterocycles. The van der Waals surface area contributed by atoms with Gasteiger partial charge in [0.15, 0.2) is 6.10 Å². The number of nitrogens with zero attached hydrogens (tertiary/aromatic N) is 2. The first kappa shape index (κ1) is 61.4. The Bertz CT molecular complexity index is 1900. The van der Waals surface area contributed by atoms with Crippen LogP contribution < -0.4 is 11.4 Å². The van der Waals surface area contributed by atoms with E-state index in [0.29, 0.717) is 50.9 Å². The summed E-state index contributed by atoms with van der Waals surface area (Å²) in [6.07, 6.45) is 5.87. The molecule has 0 aromatic carbocycles. The van der Waals surface area contributed by atoms with Crippen molar-refractivity contribution in [1.29, 1.82) is 0 Å². The Hall–Kier alpha value is -2.91. The first-order chi connectivity index (χ1) is 33.2. The number of esters is 2. The van der Waals surface area contributed by atoms with Crippen LogP contribution in [-0.4, -0.2) is 114 Å². The summed E-state index contributed by atoms with van der Waals surface area (Å²) in [5.41, 5.74) is 4.78. The zero-order chi connectivity index (χ0) is 51.7. The van der Waals surface area contributed by atoms with Crippen LogP contribution in [0, 0.1) is 17.8 Å². The van der Waals surface area contributed by atoms with E-state index < -0.39 is 120 Å². The molecule has 2 aliphatic rings. The average Bonchev–Trinajstić information content (AvgIpc) is 3.28. The number of aromatic nitrogens is 2. The van der Waals surface area contributed by atoms with Gasteiger partial charge in [-0.05, 0) is 37.7 Å². The van der Waals surface area contributed by atoms with Crippen molar-refractivity contribution in [3.63, 3.8) is 0 Å². The molecule has 2 aliphatic heterocycles. The number of anilines is 1. The topological polar surface area (TPSA) is 323 Å². The predicted octanol–water partition coefficient (Wildman–Crippen LogP) is 6.50. The van der Waals surface area contributed by atoms with Gasteiger partial charge in [0.25, 0.3) is 0 Å². The van der Waals surface area contributed by atoms with E-state index in [9.17, 15) is 58.5 Å². The van der Waals surface area contributed by atoms with Crippen LogP contribution >= 0.6 is 15.6 Å². The Morgan fingerprint density at radius 3 is 2.16 bits per heavy atom. The van der Waals surface area contributed by atoms with Gasteiger partial charge < -0.3 is 50.2 Å². The fourth-order valence-corrected chi connectivity index (χ4v) is 10.5. The molecule has 1 aromatic heterocycles. The zero-order valence-corrected chi connectivity index (χ0v) is 43.0. The highest BCUT2D eigenvalue weighted by molar-refractivity contribution is 7.61. The van der Waals surface area contributed by atoms with Gasteiger partial charge in [0.1, 0.15) is 36.6 Å². The van der Waals surface area contributed by atoms with E-state index >= 15 is 0 Å². The summed E-state index contributed by atoms with van der Waals surface area (Å²) in [5, 5.41) is 45.7. The number of carbonyl (C=O) groups excluding carboxylic acids is 3. The highest BCUT2D eigenvalue weighted by atomic mass is 31.3. The van der Waals surface area contributed by atoms with Gasteiger partial charge in [-0.2, -0.15) is 9.29 Å². The number of aliphatic hydroxyl groups excluding tert-OH is 4. The molecule has 21 nitrogen and oxygen atoms in total. The predicted molar refractivity (Wildman–Crippen MR) is 258 cm³/mol. The lowest BCUT2D eigenvalue weighted by atomic mass is 9.83. The molecule has 2 fully saturated rings. The van der Waals surface area contributed by atoms with Crippen LogP contribution in [0.25, 0.3) is 0 Å². The number of nitrogens with two attached hydrogens (primary N) is 1. The standard InChI is InChI=1S/C47H81N3O18P2/c1-4-5-15-21-34(51)25-26-36-38(52)29-39(53)37-22-17-13-14-18-23-42(54)63-30-35(66-43(55)24-19-12-10-8-6-7-9-11-16-20-33(2)3)31-64-69(59,60)68-70(61,62)65-32-40(45(57)44(36)56)67-46(37)50-28-27-41(48)49-47(50)58/h25-28,33-37,39-40,44-46,51,53,56-57H,4-24,29-32H2,1-3H3,(H,59,60)(H,61,62)(H2,48,49,58)/b26-25+/t34-,35+,36-,37-,39-,40+,44-,45+,46+/m0/s1. The van der Waals surface area contributed by atoms with E-state index in [0.717, 1.165) is 49.5 Å². The van der Waals surface area contributed by atoms with Gasteiger partial charge >= 0.3 is 33.3 Å². The van der Waals surface area contributed by atoms with Gasteiger partial charge in [-0.25, -0.2) is 13.9 Å². The van der Waals surface area contributed by atoms with Gasteiger partial charge in [0.2, 0.25) is 0 Å². The van der Waals surface area contributed by atoms with Crippen molar-refractivity contribution in [3.05, 3.63) is 34.9 Å². The van der Waals surface area contributed by atoms with E-state index in [1.54, 1.807) is 0 Å². The molecule has 2 bridgehead atoms. The minimum atomic E-state index is -5.71. The molecule has 23 heteroatoms. The molecule has 3 rings (SSSR count). The second kappa shape index (κ2) is 32.3. The summed E-state index contributed by atoms with van der Waals surface area (Å²) >= 11 is 0. The van der Waals surface area contributed by atoms with Crippen LogP contribution in [-0.2, 0) is 51.1 Å². The van der Waals surface area contributed by atoms with Crippen molar-refractivity contribution in [2.45, 2.75) is 205 Å². The fraction of sp³-hybridized carbons (Fsp3) is 0.809. The Kier molecular flexibility index (Phi) is 28.3. The maximum atomic E-state index is 14.0. The van der Waals surface area contributed by atoms with Crippen molar-refractivity contribution < 1.29 is 81.3 Å². The van der Waals surface area contributed by atoms with Crippen LogP contribution in [0.5, 0.6) is 0 Å². The number of aliphatic hydroxyl groups is 4. The maximum Gasteiger partial charge on any atom is 0.481 e. The number of unbranched alkanes of at least 4 members (excludes halogenated alkanes) is 10. The lowest BCUT2D eigenvalue weighted by Crippen LogP contribution is -2.51. The lowest BCUT2D eigenvalue weighted by molar-refractivity contribution is -0.188. The molecule has 3 heterocycles. The second-order valence-corrected chi connectivity index (χ2v) is 22.0. The average molecular weight is 1040 g/mol. The van der Waals surface area contributed by atoms with Crippen LogP contribution in [0.2, 0.25) is 0 Å². The van der Waals surface area contributed by atoms with Gasteiger partial charge in [-0.3, -0.25) is 28.0 Å². The molecule has 0 amide bonds. The summed E-state index contributed by atoms with van der Waals surface area (Å²) in [6.45, 7) is 3.72. The van der Waals surface area contributed by atoms with Crippen LogP contribution in [0.15, 0.2) is 29.2 Å². The Balaban J connectivity index is 1.86. The van der Waals surface area contributed by atoms with Crippen LogP contribution in [0.3, 0.4) is 0 Å². The summed E-state index contributed by atoms with van der Waals surface area (Å²) in [5.74, 6) is -4.33. The molecule has 1 aromatic rings. The number of cyclic esters (lactones) is 1. The quantitative estimate of drug-likeness (QED) is 0.0317.